The molecule has 2 heterocycles. The molecule has 2 aliphatic rings. The first-order chi connectivity index (χ1) is 24.7. The lowest BCUT2D eigenvalue weighted by atomic mass is 9.85. The van der Waals surface area contributed by atoms with E-state index < -0.39 is 11.9 Å². The van der Waals surface area contributed by atoms with Crippen molar-refractivity contribution in [3.63, 3.8) is 0 Å². The number of carbonyl (C=O) groups is 2. The predicted molar refractivity (Wildman–Crippen MR) is 184 cm³/mol. The number of carbonyl (C=O) groups excluding carboxylic acids is 2. The molecule has 3 N–H and O–H groups in total. The Kier molecular flexibility index (Phi) is 10.4. The van der Waals surface area contributed by atoms with Crippen LogP contribution < -0.4 is 23.7 Å². The average molecular weight is 697 g/mol. The van der Waals surface area contributed by atoms with Gasteiger partial charge in [-0.15, -0.1) is 0 Å². The summed E-state index contributed by atoms with van der Waals surface area (Å²) in [4.78, 5) is 25.2. The van der Waals surface area contributed by atoms with E-state index in [1.54, 1.807) is 48.5 Å². The second-order valence-electron chi connectivity index (χ2n) is 11.8. The lowest BCUT2D eigenvalue weighted by molar-refractivity contribution is -0.129. The zero-order valence-corrected chi connectivity index (χ0v) is 28.0. The van der Waals surface area contributed by atoms with Gasteiger partial charge in [0, 0.05) is 24.0 Å². The Hall–Kier alpha value is -5.98. The highest BCUT2D eigenvalue weighted by molar-refractivity contribution is 5.90. The molecule has 0 unspecified atom stereocenters. The van der Waals surface area contributed by atoms with Crippen LogP contribution in [0.15, 0.2) is 84.9 Å². The highest BCUT2D eigenvalue weighted by atomic mass is 16.6. The second-order valence-corrected chi connectivity index (χ2v) is 11.8. The highest BCUT2D eigenvalue weighted by Crippen LogP contribution is 2.51. The molecule has 264 valence electrons. The summed E-state index contributed by atoms with van der Waals surface area (Å²) >= 11 is 0. The van der Waals surface area contributed by atoms with Gasteiger partial charge in [0.25, 0.3) is 0 Å². The van der Waals surface area contributed by atoms with E-state index in [2.05, 4.69) is 0 Å². The van der Waals surface area contributed by atoms with Gasteiger partial charge in [0.05, 0.1) is 46.8 Å². The third kappa shape index (κ3) is 7.77. The number of rotatable bonds is 11. The van der Waals surface area contributed by atoms with Crippen LogP contribution in [-0.4, -0.2) is 61.8 Å². The van der Waals surface area contributed by atoms with Gasteiger partial charge in [-0.25, -0.2) is 9.59 Å². The van der Waals surface area contributed by atoms with Crippen LogP contribution in [0.25, 0.3) is 12.2 Å². The molecule has 51 heavy (non-hydrogen) atoms. The standard InChI is InChI=1S/C39H36O12/c1-45-33-17-23(5-11-29(33)41)7-15-37(44)51-32-13-9-25(19-35(32)47-3)39-27-21-48-38(26(27)20-49-39)24-8-12-31(34(18-24)46-2)50-36(43)14-6-22-4-10-28(40)30(42)16-22/h4-19,26-27,38-42H,20-21H2,1-3H3/b14-6+,15-7+/t26-,27-,38-,39-/m0/s1. The Morgan fingerprint density at radius 1 is 0.569 bits per heavy atom. The fraction of sp³-hybridized carbons (Fsp3) is 0.231. The molecule has 2 fully saturated rings. The summed E-state index contributed by atoms with van der Waals surface area (Å²) < 4.78 is 39.8. The van der Waals surface area contributed by atoms with Crippen molar-refractivity contribution in [3.8, 4) is 46.0 Å². The molecule has 0 radical (unpaired) electrons. The summed E-state index contributed by atoms with van der Waals surface area (Å²) in [7, 11) is 4.42. The van der Waals surface area contributed by atoms with Crippen LogP contribution >= 0.6 is 0 Å². The van der Waals surface area contributed by atoms with Gasteiger partial charge >= 0.3 is 11.9 Å². The molecule has 0 saturated carbocycles. The Morgan fingerprint density at radius 3 is 1.51 bits per heavy atom. The molecule has 2 saturated heterocycles. The molecule has 4 aromatic carbocycles. The number of esters is 2. The topological polar surface area (TPSA) is 159 Å². The lowest BCUT2D eigenvalue weighted by Gasteiger charge is -2.19. The number of hydrogen-bond donors (Lipinski definition) is 3. The fourth-order valence-corrected chi connectivity index (χ4v) is 6.18. The van der Waals surface area contributed by atoms with Crippen LogP contribution in [0, 0.1) is 11.8 Å². The van der Waals surface area contributed by atoms with Gasteiger partial charge in [-0.3, -0.25) is 0 Å². The van der Waals surface area contributed by atoms with E-state index in [0.29, 0.717) is 35.8 Å². The van der Waals surface area contributed by atoms with Crippen LogP contribution in [0.2, 0.25) is 0 Å². The summed E-state index contributed by atoms with van der Waals surface area (Å²) in [5, 5.41) is 28.9. The maximum Gasteiger partial charge on any atom is 0.336 e. The number of ether oxygens (including phenoxy) is 7. The van der Waals surface area contributed by atoms with Crippen molar-refractivity contribution >= 4 is 24.1 Å². The van der Waals surface area contributed by atoms with E-state index in [9.17, 15) is 24.9 Å². The van der Waals surface area contributed by atoms with Gasteiger partial charge in [0.2, 0.25) is 0 Å². The zero-order valence-electron chi connectivity index (χ0n) is 28.0. The Labute approximate surface area is 293 Å². The molecule has 0 aliphatic carbocycles. The van der Waals surface area contributed by atoms with Crippen molar-refractivity contribution in [2.75, 3.05) is 34.5 Å². The van der Waals surface area contributed by atoms with Crippen molar-refractivity contribution < 1.29 is 58.1 Å². The zero-order chi connectivity index (χ0) is 36.1. The smallest absolute Gasteiger partial charge is 0.336 e. The highest BCUT2D eigenvalue weighted by Gasteiger charge is 2.48. The lowest BCUT2D eigenvalue weighted by Crippen LogP contribution is -2.15. The number of aromatic hydroxyl groups is 3. The number of hydrogen-bond acceptors (Lipinski definition) is 12. The molecule has 0 aromatic heterocycles. The van der Waals surface area contributed by atoms with Crippen molar-refractivity contribution in [3.05, 3.63) is 107 Å². The largest absolute Gasteiger partial charge is 0.504 e. The summed E-state index contributed by atoms with van der Waals surface area (Å²) in [5.74, 6) is -0.274. The molecule has 12 nitrogen and oxygen atoms in total. The van der Waals surface area contributed by atoms with E-state index in [1.165, 1.54) is 57.8 Å². The van der Waals surface area contributed by atoms with Gasteiger partial charge in [-0.05, 0) is 82.9 Å². The van der Waals surface area contributed by atoms with Gasteiger partial charge in [0.1, 0.15) is 0 Å². The fourth-order valence-electron chi connectivity index (χ4n) is 6.18. The monoisotopic (exact) mass is 696 g/mol. The first kappa shape index (κ1) is 34.9. The van der Waals surface area contributed by atoms with E-state index >= 15 is 0 Å². The average Bonchev–Trinajstić information content (AvgIpc) is 3.75. The molecule has 0 spiro atoms. The number of phenolic OH excluding ortho intramolecular Hbond substituents is 3. The molecular formula is C39H36O12. The minimum atomic E-state index is -0.652. The van der Waals surface area contributed by atoms with Crippen LogP contribution in [0.4, 0.5) is 0 Å². The third-order valence-corrected chi connectivity index (χ3v) is 8.74. The van der Waals surface area contributed by atoms with Crippen LogP contribution in [0.5, 0.6) is 46.0 Å². The van der Waals surface area contributed by atoms with Crippen molar-refractivity contribution in [1.82, 2.24) is 0 Å². The van der Waals surface area contributed by atoms with Crippen molar-refractivity contribution in [2.24, 2.45) is 11.8 Å². The SMILES string of the molecule is COc1cc(/C=C/C(=O)Oc2ccc([C@@H]3OC[C@H]4[C@@H]3CO[C@H]4c3ccc(OC(=O)/C=C/c4ccc(O)c(O)c4)c(OC)c3)cc2OC)ccc1O. The third-order valence-electron chi connectivity index (χ3n) is 8.74. The Bertz CT molecular complexity index is 1980. The molecule has 4 atom stereocenters. The second kappa shape index (κ2) is 15.3. The van der Waals surface area contributed by atoms with E-state index in [1.807, 2.05) is 12.1 Å². The van der Waals surface area contributed by atoms with Gasteiger partial charge in [-0.1, -0.05) is 24.3 Å². The van der Waals surface area contributed by atoms with Crippen LogP contribution in [0.3, 0.4) is 0 Å². The molecule has 2 aliphatic heterocycles. The van der Waals surface area contributed by atoms with Gasteiger partial charge < -0.3 is 48.5 Å². The summed E-state index contributed by atoms with van der Waals surface area (Å²) in [6.07, 6.45) is 4.92. The first-order valence-electron chi connectivity index (χ1n) is 15.9. The number of fused-ring (bicyclic) bond motifs is 1. The Balaban J connectivity index is 1.09. The van der Waals surface area contributed by atoms with Crippen LogP contribution in [-0.2, 0) is 19.1 Å². The summed E-state index contributed by atoms with van der Waals surface area (Å²) in [6.45, 7) is 0.894. The van der Waals surface area contributed by atoms with E-state index in [-0.39, 0.29) is 58.5 Å². The summed E-state index contributed by atoms with van der Waals surface area (Å²) in [5.41, 5.74) is 2.85. The first-order valence-corrected chi connectivity index (χ1v) is 15.9. The molecule has 12 heteroatoms. The number of benzene rings is 4. The minimum Gasteiger partial charge on any atom is -0.504 e. The minimum absolute atomic E-state index is 0.00396. The Morgan fingerprint density at radius 2 is 1.04 bits per heavy atom. The number of phenols is 3. The van der Waals surface area contributed by atoms with Gasteiger partial charge in [0.15, 0.2) is 46.0 Å². The molecule has 6 rings (SSSR count). The van der Waals surface area contributed by atoms with Crippen LogP contribution in [0.1, 0.15) is 34.5 Å². The maximum absolute atomic E-state index is 12.6. The maximum atomic E-state index is 12.6. The molecule has 0 bridgehead atoms. The summed E-state index contributed by atoms with van der Waals surface area (Å²) in [6, 6.07) is 19.5. The normalized spacial score (nSPS) is 19.6. The van der Waals surface area contributed by atoms with E-state index in [4.69, 9.17) is 33.2 Å². The van der Waals surface area contributed by atoms with Gasteiger partial charge in [-0.2, -0.15) is 0 Å². The molecule has 4 aromatic rings. The molecule has 0 amide bonds. The van der Waals surface area contributed by atoms with E-state index in [0.717, 1.165) is 11.1 Å². The quantitative estimate of drug-likeness (QED) is 0.0713. The van der Waals surface area contributed by atoms with Crippen molar-refractivity contribution in [2.45, 2.75) is 12.2 Å². The molecular weight excluding hydrogens is 660 g/mol. The number of methoxy groups -OCH3 is 3. The predicted octanol–water partition coefficient (Wildman–Crippen LogP) is 6.14. The van der Waals surface area contributed by atoms with Crippen molar-refractivity contribution in [1.29, 1.82) is 0 Å².